The highest BCUT2D eigenvalue weighted by Gasteiger charge is 2.21. The first-order valence-electron chi connectivity index (χ1n) is 6.51. The average Bonchev–Trinajstić information content (AvgIpc) is 3.11. The molecule has 3 aromatic rings. The maximum atomic E-state index is 6.02. The summed E-state index contributed by atoms with van der Waals surface area (Å²) in [6.45, 7) is 5.73. The zero-order valence-corrected chi connectivity index (χ0v) is 13.0. The molecular formula is C13H15ClN6O. The van der Waals surface area contributed by atoms with Crippen LogP contribution >= 0.6 is 11.6 Å². The van der Waals surface area contributed by atoms with Gasteiger partial charge in [-0.2, -0.15) is 10.2 Å². The van der Waals surface area contributed by atoms with Crippen LogP contribution in [-0.4, -0.2) is 29.8 Å². The van der Waals surface area contributed by atoms with Crippen LogP contribution in [0.5, 0.6) is 0 Å². The number of rotatable bonds is 3. The van der Waals surface area contributed by atoms with Gasteiger partial charge in [0.25, 0.3) is 5.89 Å². The van der Waals surface area contributed by atoms with Gasteiger partial charge in [-0.3, -0.25) is 9.36 Å². The SMILES string of the molecule is Cc1nn(C)cc1-c1nnc([C@@H](C)n2ncc(Cl)c2C)o1. The molecule has 0 N–H and O–H groups in total. The molecule has 3 heterocycles. The molecule has 3 aromatic heterocycles. The minimum absolute atomic E-state index is 0.185. The van der Waals surface area contributed by atoms with Gasteiger partial charge in [0.15, 0.2) is 0 Å². The molecule has 3 rings (SSSR count). The second kappa shape index (κ2) is 5.00. The standard InChI is InChI=1S/C13H15ClN6O/c1-7-10(6-19(4)18-7)13-17-16-12(21-13)9(3)20-8(2)11(14)5-15-20/h5-6,9H,1-4H3/t9-/m1/s1. The van der Waals surface area contributed by atoms with Crippen molar-refractivity contribution in [1.29, 1.82) is 0 Å². The van der Waals surface area contributed by atoms with Crippen molar-refractivity contribution in [2.24, 2.45) is 7.05 Å². The second-order valence-corrected chi connectivity index (χ2v) is 5.35. The summed E-state index contributed by atoms with van der Waals surface area (Å²) in [6, 6.07) is -0.185. The number of nitrogens with zero attached hydrogens (tertiary/aromatic N) is 6. The lowest BCUT2D eigenvalue weighted by Crippen LogP contribution is -2.10. The minimum Gasteiger partial charge on any atom is -0.418 e. The summed E-state index contributed by atoms with van der Waals surface area (Å²) in [7, 11) is 1.85. The molecule has 1 atom stereocenters. The molecule has 0 amide bonds. The van der Waals surface area contributed by atoms with E-state index in [0.29, 0.717) is 16.8 Å². The third-order valence-electron chi connectivity index (χ3n) is 3.39. The number of hydrogen-bond acceptors (Lipinski definition) is 5. The van der Waals surface area contributed by atoms with Gasteiger partial charge in [-0.05, 0) is 20.8 Å². The van der Waals surface area contributed by atoms with Crippen molar-refractivity contribution in [1.82, 2.24) is 29.8 Å². The quantitative estimate of drug-likeness (QED) is 0.743. The highest BCUT2D eigenvalue weighted by molar-refractivity contribution is 6.31. The number of aromatic nitrogens is 6. The zero-order chi connectivity index (χ0) is 15.1. The van der Waals surface area contributed by atoms with Gasteiger partial charge in [0, 0.05) is 13.2 Å². The Hall–Kier alpha value is -2.15. The first-order valence-corrected chi connectivity index (χ1v) is 6.88. The fourth-order valence-electron chi connectivity index (χ4n) is 2.22. The first-order chi connectivity index (χ1) is 9.97. The molecule has 0 spiro atoms. The lowest BCUT2D eigenvalue weighted by Gasteiger charge is -2.09. The van der Waals surface area contributed by atoms with Gasteiger partial charge < -0.3 is 4.42 Å². The molecule has 0 saturated carbocycles. The first kappa shape index (κ1) is 13.8. The maximum absolute atomic E-state index is 6.02. The van der Waals surface area contributed by atoms with Gasteiger partial charge in [0.05, 0.1) is 28.2 Å². The Morgan fingerprint density at radius 3 is 2.62 bits per heavy atom. The van der Waals surface area contributed by atoms with E-state index >= 15 is 0 Å². The zero-order valence-electron chi connectivity index (χ0n) is 12.2. The Kier molecular flexibility index (Phi) is 3.29. The van der Waals surface area contributed by atoms with Crippen LogP contribution in [0.1, 0.15) is 30.2 Å². The molecule has 0 bridgehead atoms. The van der Waals surface area contributed by atoms with Crippen LogP contribution in [0.3, 0.4) is 0 Å². The fraction of sp³-hybridized carbons (Fsp3) is 0.385. The van der Waals surface area contributed by atoms with Gasteiger partial charge >= 0.3 is 0 Å². The van der Waals surface area contributed by atoms with Crippen molar-refractivity contribution in [2.75, 3.05) is 0 Å². The van der Waals surface area contributed by atoms with Crippen LogP contribution in [0.25, 0.3) is 11.5 Å². The summed E-state index contributed by atoms with van der Waals surface area (Å²) in [5.41, 5.74) is 2.54. The van der Waals surface area contributed by atoms with Crippen molar-refractivity contribution in [3.63, 3.8) is 0 Å². The Bertz CT molecular complexity index is 787. The molecule has 0 aliphatic heterocycles. The summed E-state index contributed by atoms with van der Waals surface area (Å²) in [5.74, 6) is 0.939. The van der Waals surface area contributed by atoms with Crippen LogP contribution < -0.4 is 0 Å². The lowest BCUT2D eigenvalue weighted by atomic mass is 10.3. The van der Waals surface area contributed by atoms with Gasteiger partial charge in [-0.25, -0.2) is 0 Å². The summed E-state index contributed by atoms with van der Waals surface area (Å²) in [4.78, 5) is 0. The fourth-order valence-corrected chi connectivity index (χ4v) is 2.35. The number of hydrogen-bond donors (Lipinski definition) is 0. The van der Waals surface area contributed by atoms with Gasteiger partial charge in [0.2, 0.25) is 5.89 Å². The predicted molar refractivity (Wildman–Crippen MR) is 77.0 cm³/mol. The monoisotopic (exact) mass is 306 g/mol. The van der Waals surface area contributed by atoms with E-state index in [2.05, 4.69) is 20.4 Å². The van der Waals surface area contributed by atoms with E-state index in [4.69, 9.17) is 16.0 Å². The Balaban J connectivity index is 1.95. The van der Waals surface area contributed by atoms with Crippen LogP contribution in [0.15, 0.2) is 16.8 Å². The van der Waals surface area contributed by atoms with Crippen LogP contribution in [0.2, 0.25) is 5.02 Å². The number of aryl methyl sites for hydroxylation is 2. The van der Waals surface area contributed by atoms with E-state index in [9.17, 15) is 0 Å². The molecule has 7 nitrogen and oxygen atoms in total. The molecule has 0 fully saturated rings. The lowest BCUT2D eigenvalue weighted by molar-refractivity contribution is 0.411. The third-order valence-corrected chi connectivity index (χ3v) is 3.76. The molecule has 110 valence electrons. The summed E-state index contributed by atoms with van der Waals surface area (Å²) >= 11 is 6.02. The van der Waals surface area contributed by atoms with Crippen LogP contribution in [0, 0.1) is 13.8 Å². The normalized spacial score (nSPS) is 12.8. The average molecular weight is 307 g/mol. The van der Waals surface area contributed by atoms with E-state index in [-0.39, 0.29) is 6.04 Å². The summed E-state index contributed by atoms with van der Waals surface area (Å²) in [6.07, 6.45) is 3.46. The Morgan fingerprint density at radius 2 is 2.05 bits per heavy atom. The van der Waals surface area contributed by atoms with Crippen molar-refractivity contribution in [2.45, 2.75) is 26.8 Å². The molecule has 0 radical (unpaired) electrons. The Morgan fingerprint density at radius 1 is 1.29 bits per heavy atom. The van der Waals surface area contributed by atoms with Crippen molar-refractivity contribution in [3.8, 4) is 11.5 Å². The van der Waals surface area contributed by atoms with Gasteiger partial charge in [-0.1, -0.05) is 11.6 Å². The van der Waals surface area contributed by atoms with E-state index < -0.39 is 0 Å². The van der Waals surface area contributed by atoms with Crippen LogP contribution in [0.4, 0.5) is 0 Å². The van der Waals surface area contributed by atoms with Crippen molar-refractivity contribution in [3.05, 3.63) is 34.7 Å². The van der Waals surface area contributed by atoms with Gasteiger partial charge in [0.1, 0.15) is 6.04 Å². The molecule has 0 aliphatic carbocycles. The van der Waals surface area contributed by atoms with E-state index in [1.807, 2.05) is 34.0 Å². The molecule has 0 aliphatic rings. The summed E-state index contributed by atoms with van der Waals surface area (Å²) < 4.78 is 9.24. The van der Waals surface area contributed by atoms with Crippen molar-refractivity contribution >= 4 is 11.6 Å². The van der Waals surface area contributed by atoms with Gasteiger partial charge in [-0.15, -0.1) is 10.2 Å². The third kappa shape index (κ3) is 2.33. The predicted octanol–water partition coefficient (Wildman–Crippen LogP) is 2.55. The maximum Gasteiger partial charge on any atom is 0.251 e. The smallest absolute Gasteiger partial charge is 0.251 e. The highest BCUT2D eigenvalue weighted by atomic mass is 35.5. The minimum atomic E-state index is -0.185. The largest absolute Gasteiger partial charge is 0.418 e. The second-order valence-electron chi connectivity index (χ2n) is 4.95. The van der Waals surface area contributed by atoms with E-state index in [1.165, 1.54) is 0 Å². The molecule has 21 heavy (non-hydrogen) atoms. The molecule has 0 saturated heterocycles. The molecule has 0 aromatic carbocycles. The topological polar surface area (TPSA) is 74.6 Å². The van der Waals surface area contributed by atoms with E-state index in [1.54, 1.807) is 15.6 Å². The van der Waals surface area contributed by atoms with E-state index in [0.717, 1.165) is 17.0 Å². The summed E-state index contributed by atoms with van der Waals surface area (Å²) in [5, 5.41) is 17.3. The molecular weight excluding hydrogens is 292 g/mol. The molecule has 0 unspecified atom stereocenters. The number of halogens is 1. The highest BCUT2D eigenvalue weighted by Crippen LogP contribution is 2.26. The molecule has 8 heteroatoms. The van der Waals surface area contributed by atoms with Crippen molar-refractivity contribution < 1.29 is 4.42 Å². The Labute approximate surface area is 126 Å². The van der Waals surface area contributed by atoms with Crippen LogP contribution in [-0.2, 0) is 7.05 Å².